The molecule has 1 aliphatic carbocycles. The number of rotatable bonds is 0. The zero-order valence-electron chi connectivity index (χ0n) is 10.4. The van der Waals surface area contributed by atoms with E-state index in [1.807, 2.05) is 0 Å². The SMILES string of the molecule is CC(C)(C)c1ccc2c(c1)[C@H](N)CCC2.Cl. The van der Waals surface area contributed by atoms with Gasteiger partial charge in [-0.2, -0.15) is 0 Å². The number of nitrogens with two attached hydrogens (primary N) is 1. The predicted octanol–water partition coefficient (Wildman–Crippen LogP) is 3.74. The van der Waals surface area contributed by atoms with Crippen molar-refractivity contribution in [3.05, 3.63) is 34.9 Å². The molecule has 2 N–H and O–H groups in total. The van der Waals surface area contributed by atoms with Gasteiger partial charge in [-0.15, -0.1) is 12.4 Å². The topological polar surface area (TPSA) is 26.0 Å². The number of hydrogen-bond donors (Lipinski definition) is 1. The van der Waals surface area contributed by atoms with Gasteiger partial charge in [0.05, 0.1) is 0 Å². The van der Waals surface area contributed by atoms with Crippen LogP contribution >= 0.6 is 12.4 Å². The monoisotopic (exact) mass is 239 g/mol. The van der Waals surface area contributed by atoms with E-state index in [1.165, 1.54) is 29.5 Å². The minimum atomic E-state index is 0. The molecule has 0 saturated carbocycles. The first-order valence-corrected chi connectivity index (χ1v) is 5.87. The normalized spacial score (nSPS) is 19.9. The number of fused-ring (bicyclic) bond motifs is 1. The largest absolute Gasteiger partial charge is 0.324 e. The van der Waals surface area contributed by atoms with E-state index >= 15 is 0 Å². The first kappa shape index (κ1) is 13.5. The fourth-order valence-corrected chi connectivity index (χ4v) is 2.30. The summed E-state index contributed by atoms with van der Waals surface area (Å²) in [7, 11) is 0. The maximum atomic E-state index is 6.16. The van der Waals surface area contributed by atoms with Crippen LogP contribution in [0.15, 0.2) is 18.2 Å². The molecule has 1 nitrogen and oxygen atoms in total. The molecule has 2 rings (SSSR count). The van der Waals surface area contributed by atoms with Crippen LogP contribution in [0.4, 0.5) is 0 Å². The van der Waals surface area contributed by atoms with Crippen molar-refractivity contribution in [2.24, 2.45) is 5.73 Å². The van der Waals surface area contributed by atoms with E-state index in [2.05, 4.69) is 39.0 Å². The summed E-state index contributed by atoms with van der Waals surface area (Å²) in [5.74, 6) is 0. The van der Waals surface area contributed by atoms with E-state index in [4.69, 9.17) is 5.73 Å². The Balaban J connectivity index is 0.00000128. The van der Waals surface area contributed by atoms with Crippen LogP contribution in [0.25, 0.3) is 0 Å². The summed E-state index contributed by atoms with van der Waals surface area (Å²) in [6.45, 7) is 6.76. The van der Waals surface area contributed by atoms with Crippen LogP contribution < -0.4 is 5.73 Å². The van der Waals surface area contributed by atoms with Crippen molar-refractivity contribution in [3.63, 3.8) is 0 Å². The molecule has 90 valence electrons. The highest BCUT2D eigenvalue weighted by atomic mass is 35.5. The van der Waals surface area contributed by atoms with Crippen LogP contribution in [0.1, 0.15) is 56.3 Å². The Morgan fingerprint density at radius 3 is 2.56 bits per heavy atom. The van der Waals surface area contributed by atoms with Gasteiger partial charge in [0, 0.05) is 6.04 Å². The third kappa shape index (κ3) is 2.58. The average Bonchev–Trinajstić information content (AvgIpc) is 2.16. The second-order valence-corrected chi connectivity index (χ2v) is 5.66. The van der Waals surface area contributed by atoms with Crippen molar-refractivity contribution >= 4 is 12.4 Å². The van der Waals surface area contributed by atoms with Crippen molar-refractivity contribution in [3.8, 4) is 0 Å². The maximum Gasteiger partial charge on any atom is 0.0297 e. The summed E-state index contributed by atoms with van der Waals surface area (Å²) < 4.78 is 0. The molecule has 0 fully saturated rings. The number of halogens is 1. The number of benzene rings is 1. The van der Waals surface area contributed by atoms with Gasteiger partial charge in [0.25, 0.3) is 0 Å². The van der Waals surface area contributed by atoms with Crippen molar-refractivity contribution < 1.29 is 0 Å². The molecule has 1 aromatic rings. The van der Waals surface area contributed by atoms with E-state index in [-0.39, 0.29) is 23.9 Å². The molecule has 1 aliphatic rings. The lowest BCUT2D eigenvalue weighted by atomic mass is 9.81. The molecule has 2 heteroatoms. The van der Waals surface area contributed by atoms with Crippen molar-refractivity contribution in [2.45, 2.75) is 51.5 Å². The van der Waals surface area contributed by atoms with Crippen LogP contribution in [-0.4, -0.2) is 0 Å². The van der Waals surface area contributed by atoms with Gasteiger partial charge >= 0.3 is 0 Å². The summed E-state index contributed by atoms with van der Waals surface area (Å²) in [5, 5.41) is 0. The summed E-state index contributed by atoms with van der Waals surface area (Å²) in [6, 6.07) is 7.11. The van der Waals surface area contributed by atoms with Gasteiger partial charge in [-0.1, -0.05) is 39.0 Å². The number of hydrogen-bond acceptors (Lipinski definition) is 1. The lowest BCUT2D eigenvalue weighted by Gasteiger charge is -2.26. The molecule has 1 aromatic carbocycles. The van der Waals surface area contributed by atoms with Gasteiger partial charge in [0.15, 0.2) is 0 Å². The van der Waals surface area contributed by atoms with E-state index in [9.17, 15) is 0 Å². The average molecular weight is 240 g/mol. The van der Waals surface area contributed by atoms with Crippen LogP contribution in [0.5, 0.6) is 0 Å². The smallest absolute Gasteiger partial charge is 0.0297 e. The Labute approximate surface area is 105 Å². The molecule has 0 heterocycles. The minimum absolute atomic E-state index is 0. The highest BCUT2D eigenvalue weighted by Gasteiger charge is 2.20. The standard InChI is InChI=1S/C14H21N.ClH/c1-14(2,3)11-8-7-10-5-4-6-13(15)12(10)9-11;/h7-9,13H,4-6,15H2,1-3H3;1H/t13-;/m1./s1. The molecular weight excluding hydrogens is 218 g/mol. The molecule has 0 spiro atoms. The van der Waals surface area contributed by atoms with Gasteiger partial charge in [0.2, 0.25) is 0 Å². The Morgan fingerprint density at radius 2 is 1.94 bits per heavy atom. The molecule has 0 aliphatic heterocycles. The molecule has 0 unspecified atom stereocenters. The molecule has 0 aromatic heterocycles. The third-order valence-corrected chi connectivity index (χ3v) is 3.37. The summed E-state index contributed by atoms with van der Waals surface area (Å²) >= 11 is 0. The zero-order chi connectivity index (χ0) is 11.1. The van der Waals surface area contributed by atoms with Gasteiger partial charge < -0.3 is 5.73 Å². The van der Waals surface area contributed by atoms with Crippen molar-refractivity contribution in [1.82, 2.24) is 0 Å². The number of aryl methyl sites for hydroxylation is 1. The van der Waals surface area contributed by atoms with Crippen molar-refractivity contribution in [2.75, 3.05) is 0 Å². The first-order valence-electron chi connectivity index (χ1n) is 5.87. The van der Waals surface area contributed by atoms with Crippen LogP contribution in [-0.2, 0) is 11.8 Å². The molecule has 0 radical (unpaired) electrons. The quantitative estimate of drug-likeness (QED) is 0.733. The fourth-order valence-electron chi connectivity index (χ4n) is 2.30. The zero-order valence-corrected chi connectivity index (χ0v) is 11.2. The van der Waals surface area contributed by atoms with E-state index in [0.29, 0.717) is 0 Å². The summed E-state index contributed by atoms with van der Waals surface area (Å²) in [5.41, 5.74) is 10.6. The fraction of sp³-hybridized carbons (Fsp3) is 0.571. The Morgan fingerprint density at radius 1 is 1.25 bits per heavy atom. The predicted molar refractivity (Wildman–Crippen MR) is 72.3 cm³/mol. The van der Waals surface area contributed by atoms with Gasteiger partial charge in [0.1, 0.15) is 0 Å². The molecular formula is C14H22ClN. The third-order valence-electron chi connectivity index (χ3n) is 3.37. The van der Waals surface area contributed by atoms with Gasteiger partial charge in [-0.25, -0.2) is 0 Å². The van der Waals surface area contributed by atoms with E-state index < -0.39 is 0 Å². The highest BCUT2D eigenvalue weighted by Crippen LogP contribution is 2.32. The summed E-state index contributed by atoms with van der Waals surface area (Å²) in [6.07, 6.45) is 3.58. The van der Waals surface area contributed by atoms with Crippen LogP contribution in [0.2, 0.25) is 0 Å². The molecule has 16 heavy (non-hydrogen) atoms. The second kappa shape index (κ2) is 4.77. The highest BCUT2D eigenvalue weighted by molar-refractivity contribution is 5.85. The van der Waals surface area contributed by atoms with Crippen LogP contribution in [0, 0.1) is 0 Å². The molecule has 0 saturated heterocycles. The van der Waals surface area contributed by atoms with E-state index in [0.717, 1.165) is 6.42 Å². The molecule has 0 amide bonds. The summed E-state index contributed by atoms with van der Waals surface area (Å²) in [4.78, 5) is 0. The van der Waals surface area contributed by atoms with Gasteiger partial charge in [-0.3, -0.25) is 0 Å². The van der Waals surface area contributed by atoms with Crippen LogP contribution in [0.3, 0.4) is 0 Å². The van der Waals surface area contributed by atoms with Crippen molar-refractivity contribution in [1.29, 1.82) is 0 Å². The Kier molecular flexibility index (Phi) is 4.03. The maximum absolute atomic E-state index is 6.16. The lowest BCUT2D eigenvalue weighted by molar-refractivity contribution is 0.557. The molecule has 1 atom stereocenters. The van der Waals surface area contributed by atoms with E-state index in [1.54, 1.807) is 0 Å². The Hall–Kier alpha value is -0.530. The second-order valence-electron chi connectivity index (χ2n) is 5.66. The lowest BCUT2D eigenvalue weighted by Crippen LogP contribution is -2.19. The minimum Gasteiger partial charge on any atom is -0.324 e. The molecule has 0 bridgehead atoms. The Bertz CT molecular complexity index is 365. The first-order chi connectivity index (χ1) is 6.98. The van der Waals surface area contributed by atoms with Gasteiger partial charge in [-0.05, 0) is 41.4 Å².